The summed E-state index contributed by atoms with van der Waals surface area (Å²) < 4.78 is 0. The fourth-order valence-corrected chi connectivity index (χ4v) is 6.70. The van der Waals surface area contributed by atoms with Crippen molar-refractivity contribution in [2.75, 3.05) is 13.1 Å². The van der Waals surface area contributed by atoms with Crippen molar-refractivity contribution < 1.29 is 10.1 Å². The number of halogens is 1. The maximum absolute atomic E-state index is 13.3. The maximum Gasteiger partial charge on any atom is 0.278 e. The summed E-state index contributed by atoms with van der Waals surface area (Å²) in [4.78, 5) is 15.5. The monoisotopic (exact) mass is 400 g/mol. The Balaban J connectivity index is 1.45. The summed E-state index contributed by atoms with van der Waals surface area (Å²) in [7, 11) is 0. The minimum atomic E-state index is 0.0236. The number of amides is 1. The van der Waals surface area contributed by atoms with E-state index < -0.39 is 0 Å². The van der Waals surface area contributed by atoms with Crippen LogP contribution in [0.3, 0.4) is 0 Å². The van der Waals surface area contributed by atoms with Gasteiger partial charge in [-0.3, -0.25) is 4.79 Å². The van der Waals surface area contributed by atoms with E-state index in [0.717, 1.165) is 47.6 Å². The Morgan fingerprint density at radius 2 is 1.93 bits per heavy atom. The summed E-state index contributed by atoms with van der Waals surface area (Å²) in [5.41, 5.74) is 1.16. The Hall–Kier alpha value is -1.57. The highest BCUT2D eigenvalue weighted by atomic mass is 35.5. The van der Waals surface area contributed by atoms with Crippen molar-refractivity contribution in [3.63, 3.8) is 0 Å². The Morgan fingerprint density at radius 3 is 2.50 bits per heavy atom. The van der Waals surface area contributed by atoms with Gasteiger partial charge in [-0.2, -0.15) is 5.26 Å². The molecule has 4 saturated carbocycles. The molecule has 4 nitrogen and oxygen atoms in total. The molecule has 5 rings (SSSR count). The van der Waals surface area contributed by atoms with Crippen molar-refractivity contribution >= 4 is 17.5 Å². The van der Waals surface area contributed by atoms with Gasteiger partial charge in [0.2, 0.25) is 0 Å². The van der Waals surface area contributed by atoms with E-state index in [9.17, 15) is 4.79 Å². The molecular formula is C23H31ClN3O+. The van der Waals surface area contributed by atoms with Crippen molar-refractivity contribution in [1.29, 1.82) is 5.26 Å². The van der Waals surface area contributed by atoms with Crippen LogP contribution in [0.5, 0.6) is 0 Å². The van der Waals surface area contributed by atoms with E-state index >= 15 is 0 Å². The third-order valence-corrected chi connectivity index (χ3v) is 7.58. The summed E-state index contributed by atoms with van der Waals surface area (Å²) in [5.74, 6) is 2.57. The Labute approximate surface area is 173 Å². The van der Waals surface area contributed by atoms with Crippen LogP contribution in [0.2, 0.25) is 5.02 Å². The first-order valence-electron chi connectivity index (χ1n) is 10.8. The smallest absolute Gasteiger partial charge is 0.278 e. The molecule has 5 heteroatoms. The van der Waals surface area contributed by atoms with Crippen LogP contribution in [0.4, 0.5) is 0 Å². The minimum absolute atomic E-state index is 0.0236. The number of rotatable bonds is 7. The van der Waals surface area contributed by atoms with Crippen molar-refractivity contribution in [3.05, 3.63) is 34.9 Å². The lowest BCUT2D eigenvalue weighted by molar-refractivity contribution is -0.683. The van der Waals surface area contributed by atoms with Gasteiger partial charge >= 0.3 is 0 Å². The molecule has 4 aliphatic carbocycles. The summed E-state index contributed by atoms with van der Waals surface area (Å²) in [6.45, 7) is 3.13. The molecule has 0 spiro atoms. The summed E-state index contributed by atoms with van der Waals surface area (Å²) in [5, 5.41) is 12.0. The van der Waals surface area contributed by atoms with Crippen LogP contribution in [0.25, 0.3) is 0 Å². The average Bonchev–Trinajstić information content (AvgIpc) is 2.65. The summed E-state index contributed by atoms with van der Waals surface area (Å²) in [6, 6.07) is 10.3. The Bertz CT molecular complexity index is 736. The third-order valence-electron chi connectivity index (χ3n) is 7.35. The number of benzene rings is 1. The Kier molecular flexibility index (Phi) is 5.67. The number of quaternary nitrogens is 1. The zero-order chi connectivity index (χ0) is 19.7. The molecule has 4 fully saturated rings. The lowest BCUT2D eigenvalue weighted by Crippen LogP contribution is -2.87. The highest BCUT2D eigenvalue weighted by Crippen LogP contribution is 2.57. The second-order valence-corrected chi connectivity index (χ2v) is 9.82. The fourth-order valence-electron chi connectivity index (χ4n) is 6.50. The molecule has 0 aliphatic heterocycles. The van der Waals surface area contributed by atoms with Gasteiger partial charge in [0, 0.05) is 22.7 Å². The predicted molar refractivity (Wildman–Crippen MR) is 110 cm³/mol. The highest BCUT2D eigenvalue weighted by Gasteiger charge is 2.54. The highest BCUT2D eigenvalue weighted by molar-refractivity contribution is 6.30. The molecule has 2 N–H and O–H groups in total. The van der Waals surface area contributed by atoms with E-state index in [0.29, 0.717) is 19.5 Å². The van der Waals surface area contributed by atoms with Gasteiger partial charge in [0.25, 0.3) is 5.91 Å². The van der Waals surface area contributed by atoms with Crippen LogP contribution >= 0.6 is 11.6 Å². The standard InChI is InChI=1S/C23H30ClN3O/c1-16(20-4-2-5-21(24)11-20)26-15-22(28)27(7-3-6-25)23-12-17-8-18(13-23)10-19(9-17)14-23/h2,4-5,11,16-19,26H,3,7-10,12-15H2,1H3/p+1/t16-,17?,18?,19?,23?/m1/s1. The van der Waals surface area contributed by atoms with Crippen LogP contribution in [-0.4, -0.2) is 29.4 Å². The maximum atomic E-state index is 13.3. The predicted octanol–water partition coefficient (Wildman–Crippen LogP) is 3.68. The molecule has 1 aromatic carbocycles. The van der Waals surface area contributed by atoms with E-state index in [-0.39, 0.29) is 17.5 Å². The molecule has 150 valence electrons. The molecule has 0 heterocycles. The molecular weight excluding hydrogens is 370 g/mol. The van der Waals surface area contributed by atoms with Gasteiger partial charge in [0.1, 0.15) is 6.04 Å². The van der Waals surface area contributed by atoms with E-state index in [1.165, 1.54) is 19.3 Å². The quantitative estimate of drug-likeness (QED) is 0.758. The molecule has 0 radical (unpaired) electrons. The van der Waals surface area contributed by atoms with E-state index in [2.05, 4.69) is 29.3 Å². The molecule has 4 bridgehead atoms. The van der Waals surface area contributed by atoms with Crippen molar-refractivity contribution in [2.24, 2.45) is 17.8 Å². The van der Waals surface area contributed by atoms with Crippen LogP contribution in [0.1, 0.15) is 63.5 Å². The second kappa shape index (κ2) is 8.05. The number of carbonyl (C=O) groups is 1. The van der Waals surface area contributed by atoms with Gasteiger partial charge in [-0.15, -0.1) is 0 Å². The molecule has 0 aromatic heterocycles. The fraction of sp³-hybridized carbons (Fsp3) is 0.652. The summed E-state index contributed by atoms with van der Waals surface area (Å²) >= 11 is 6.12. The molecule has 1 atom stereocenters. The molecule has 4 aliphatic rings. The van der Waals surface area contributed by atoms with Crippen LogP contribution in [0, 0.1) is 29.1 Å². The number of nitrogens with zero attached hydrogens (tertiary/aromatic N) is 2. The van der Waals surface area contributed by atoms with E-state index in [4.69, 9.17) is 16.9 Å². The lowest BCUT2D eigenvalue weighted by atomic mass is 9.52. The van der Waals surface area contributed by atoms with E-state index in [1.807, 2.05) is 18.2 Å². The number of nitriles is 1. The molecule has 28 heavy (non-hydrogen) atoms. The van der Waals surface area contributed by atoms with Crippen LogP contribution < -0.4 is 5.32 Å². The van der Waals surface area contributed by atoms with Gasteiger partial charge in [-0.05, 0) is 75.3 Å². The van der Waals surface area contributed by atoms with Gasteiger partial charge in [0.05, 0.1) is 12.5 Å². The zero-order valence-electron chi connectivity index (χ0n) is 16.7. The van der Waals surface area contributed by atoms with E-state index in [1.54, 1.807) is 0 Å². The topological polar surface area (TPSA) is 60.7 Å². The number of hydrogen-bond acceptors (Lipinski definition) is 2. The largest absolute Gasteiger partial charge is 0.333 e. The van der Waals surface area contributed by atoms with Gasteiger partial charge in [-0.25, -0.2) is 0 Å². The first kappa shape index (κ1) is 19.7. The number of nitrogens with two attached hydrogens (primary N) is 1. The minimum Gasteiger partial charge on any atom is -0.333 e. The van der Waals surface area contributed by atoms with Crippen molar-refractivity contribution in [3.8, 4) is 6.07 Å². The molecule has 0 saturated heterocycles. The van der Waals surface area contributed by atoms with Crippen LogP contribution in [0.15, 0.2) is 24.3 Å². The lowest BCUT2D eigenvalue weighted by Gasteiger charge is -2.60. The third kappa shape index (κ3) is 3.93. The normalized spacial score (nSPS) is 31.4. The molecule has 1 amide bonds. The zero-order valence-corrected chi connectivity index (χ0v) is 17.5. The summed E-state index contributed by atoms with van der Waals surface area (Å²) in [6.07, 6.45) is 7.96. The number of hydrogen-bond donors (Lipinski definition) is 1. The average molecular weight is 401 g/mol. The van der Waals surface area contributed by atoms with Gasteiger partial charge < -0.3 is 10.2 Å². The van der Waals surface area contributed by atoms with Gasteiger partial charge in [0.15, 0.2) is 6.54 Å². The first-order valence-corrected chi connectivity index (χ1v) is 11.1. The van der Waals surface area contributed by atoms with Gasteiger partial charge in [-0.1, -0.05) is 23.7 Å². The van der Waals surface area contributed by atoms with Crippen LogP contribution in [-0.2, 0) is 4.79 Å². The number of carbonyl (C=O) groups excluding carboxylic acids is 1. The second-order valence-electron chi connectivity index (χ2n) is 9.38. The molecule has 1 aromatic rings. The molecule has 0 unspecified atom stereocenters. The Morgan fingerprint density at radius 1 is 1.29 bits per heavy atom. The SMILES string of the molecule is C[C@@H]([NH2+]CC(=O)N(CCC#N)C12CC3CC(CC(C3)C1)C2)c1cccc(Cl)c1. The first-order chi connectivity index (χ1) is 13.5. The van der Waals surface area contributed by atoms with Crippen molar-refractivity contribution in [1.82, 2.24) is 4.90 Å². The van der Waals surface area contributed by atoms with Crippen molar-refractivity contribution in [2.45, 2.75) is 63.5 Å².